The summed E-state index contributed by atoms with van der Waals surface area (Å²) in [7, 11) is -4.16. The van der Waals surface area contributed by atoms with Gasteiger partial charge in [-0.15, -0.1) is 0 Å². The predicted molar refractivity (Wildman–Crippen MR) is 86.2 cm³/mol. The van der Waals surface area contributed by atoms with Crippen LogP contribution < -0.4 is 14.3 Å². The second-order valence-corrected chi connectivity index (χ2v) is 7.79. The fourth-order valence-corrected chi connectivity index (χ4v) is 4.37. The van der Waals surface area contributed by atoms with Crippen LogP contribution in [0.4, 0.5) is 10.1 Å². The highest BCUT2D eigenvalue weighted by Gasteiger charge is 2.37. The van der Waals surface area contributed by atoms with Crippen molar-refractivity contribution in [1.82, 2.24) is 10.0 Å². The first-order valence-electron chi connectivity index (χ1n) is 7.95. The first-order chi connectivity index (χ1) is 11.4. The Morgan fingerprint density at radius 2 is 2.00 bits per heavy atom. The van der Waals surface area contributed by atoms with Crippen molar-refractivity contribution in [3.63, 3.8) is 0 Å². The van der Waals surface area contributed by atoms with Crippen LogP contribution in [0, 0.1) is 5.82 Å². The van der Waals surface area contributed by atoms with Crippen LogP contribution in [0.25, 0.3) is 0 Å². The number of hydrogen-bond acceptors (Lipinski definition) is 5. The molecule has 0 bridgehead atoms. The monoisotopic (exact) mass is 357 g/mol. The number of phenolic OH excluding ortho intramolecular Hbond substituents is 1. The lowest BCUT2D eigenvalue weighted by atomic mass is 9.95. The zero-order valence-electron chi connectivity index (χ0n) is 13.1. The summed E-state index contributed by atoms with van der Waals surface area (Å²) in [5.74, 6) is -2.15. The molecule has 0 atom stereocenters. The van der Waals surface area contributed by atoms with Crippen molar-refractivity contribution in [2.75, 3.05) is 10.8 Å². The third kappa shape index (κ3) is 3.46. The summed E-state index contributed by atoms with van der Waals surface area (Å²) in [6.45, 7) is -0.161. The average Bonchev–Trinajstić information content (AvgIpc) is 2.78. The van der Waals surface area contributed by atoms with Gasteiger partial charge in [-0.3, -0.25) is 4.79 Å². The molecular formula is C15H20FN3O4S. The molecule has 2 aliphatic rings. The van der Waals surface area contributed by atoms with E-state index in [1.165, 1.54) is 31.4 Å². The summed E-state index contributed by atoms with van der Waals surface area (Å²) in [6, 6.07) is 2.89. The Balaban J connectivity index is 1.77. The molecule has 132 valence electrons. The third-order valence-corrected chi connectivity index (χ3v) is 5.75. The van der Waals surface area contributed by atoms with E-state index >= 15 is 0 Å². The maximum absolute atomic E-state index is 14.4. The number of carbonyl (C=O) groups excluding carboxylic acids is 1. The summed E-state index contributed by atoms with van der Waals surface area (Å²) in [4.78, 5) is 11.3. The van der Waals surface area contributed by atoms with Gasteiger partial charge in [-0.25, -0.2) is 13.4 Å². The average molecular weight is 357 g/mol. The van der Waals surface area contributed by atoms with Crippen LogP contribution >= 0.6 is 0 Å². The van der Waals surface area contributed by atoms with Crippen LogP contribution in [0.15, 0.2) is 12.1 Å². The lowest BCUT2D eigenvalue weighted by Gasteiger charge is -2.23. The maximum Gasteiger partial charge on any atom is 0.326 e. The van der Waals surface area contributed by atoms with Gasteiger partial charge in [0.25, 0.3) is 5.91 Å². The number of aromatic hydroxyl groups is 1. The summed E-state index contributed by atoms with van der Waals surface area (Å²) in [5.41, 5.74) is 0.0185. The number of halogens is 1. The molecule has 1 saturated heterocycles. The molecule has 24 heavy (non-hydrogen) atoms. The van der Waals surface area contributed by atoms with Gasteiger partial charge in [0.1, 0.15) is 18.0 Å². The van der Waals surface area contributed by atoms with E-state index in [-0.39, 0.29) is 0 Å². The van der Waals surface area contributed by atoms with E-state index in [4.69, 9.17) is 0 Å². The minimum Gasteiger partial charge on any atom is -0.506 e. The number of rotatable bonds is 4. The molecule has 1 aromatic rings. The van der Waals surface area contributed by atoms with Crippen LogP contribution in [-0.2, 0) is 21.5 Å². The van der Waals surface area contributed by atoms with Gasteiger partial charge in [-0.2, -0.15) is 8.42 Å². The zero-order valence-corrected chi connectivity index (χ0v) is 13.9. The highest BCUT2D eigenvalue weighted by atomic mass is 32.2. The van der Waals surface area contributed by atoms with Crippen molar-refractivity contribution in [2.45, 2.75) is 44.7 Å². The molecule has 0 spiro atoms. The SMILES string of the molecule is O=C1CN(c2c(O)cc(CNC3CCCCC3)cc2F)S(=O)(=O)N1. The quantitative estimate of drug-likeness (QED) is 0.750. The molecule has 3 rings (SSSR count). The molecule has 1 aliphatic carbocycles. The normalized spacial score (nSPS) is 21.0. The summed E-state index contributed by atoms with van der Waals surface area (Å²) in [6.07, 6.45) is 5.73. The molecule has 9 heteroatoms. The van der Waals surface area contributed by atoms with Crippen molar-refractivity contribution in [3.05, 3.63) is 23.5 Å². The van der Waals surface area contributed by atoms with E-state index < -0.39 is 39.9 Å². The van der Waals surface area contributed by atoms with Gasteiger partial charge >= 0.3 is 10.2 Å². The number of benzene rings is 1. The van der Waals surface area contributed by atoms with E-state index in [9.17, 15) is 22.7 Å². The molecule has 3 N–H and O–H groups in total. The van der Waals surface area contributed by atoms with E-state index in [1.54, 1.807) is 4.72 Å². The van der Waals surface area contributed by atoms with E-state index in [1.807, 2.05) is 0 Å². The molecular weight excluding hydrogens is 337 g/mol. The topological polar surface area (TPSA) is 98.7 Å². The standard InChI is InChI=1S/C15H20FN3O4S/c16-12-6-10(8-17-11-4-2-1-3-5-11)7-13(20)15(12)19-9-14(21)18-24(19,22)23/h6-7,11,17,20H,1-5,8-9H2,(H,18,21). The van der Waals surface area contributed by atoms with Crippen molar-refractivity contribution < 1.29 is 22.7 Å². The van der Waals surface area contributed by atoms with E-state index in [0.717, 1.165) is 12.8 Å². The fourth-order valence-electron chi connectivity index (χ4n) is 3.20. The number of amides is 1. The maximum atomic E-state index is 14.4. The van der Waals surface area contributed by atoms with Gasteiger partial charge < -0.3 is 10.4 Å². The molecule has 1 heterocycles. The second-order valence-electron chi connectivity index (χ2n) is 6.20. The Labute approximate surface area is 140 Å². The van der Waals surface area contributed by atoms with Gasteiger partial charge in [-0.05, 0) is 30.5 Å². The third-order valence-electron chi connectivity index (χ3n) is 4.37. The molecule has 1 saturated carbocycles. The minimum atomic E-state index is -4.16. The van der Waals surface area contributed by atoms with Gasteiger partial charge in [0, 0.05) is 12.6 Å². The van der Waals surface area contributed by atoms with Crippen LogP contribution in [0.3, 0.4) is 0 Å². The largest absolute Gasteiger partial charge is 0.506 e. The van der Waals surface area contributed by atoms with E-state index in [2.05, 4.69) is 5.32 Å². The smallest absolute Gasteiger partial charge is 0.326 e. The van der Waals surface area contributed by atoms with E-state index in [0.29, 0.717) is 22.5 Å². The van der Waals surface area contributed by atoms with Gasteiger partial charge in [0.2, 0.25) is 0 Å². The molecule has 2 fully saturated rings. The lowest BCUT2D eigenvalue weighted by Crippen LogP contribution is -2.31. The Morgan fingerprint density at radius 1 is 1.29 bits per heavy atom. The number of carbonyl (C=O) groups is 1. The molecule has 0 aromatic heterocycles. The highest BCUT2D eigenvalue weighted by molar-refractivity contribution is 7.92. The van der Waals surface area contributed by atoms with Crippen LogP contribution in [0.1, 0.15) is 37.7 Å². The van der Waals surface area contributed by atoms with Crippen molar-refractivity contribution >= 4 is 21.8 Å². The fraction of sp³-hybridized carbons (Fsp3) is 0.533. The van der Waals surface area contributed by atoms with Crippen molar-refractivity contribution in [3.8, 4) is 5.75 Å². The molecule has 1 aromatic carbocycles. The zero-order chi connectivity index (χ0) is 17.3. The summed E-state index contributed by atoms with van der Waals surface area (Å²) in [5, 5.41) is 13.4. The van der Waals surface area contributed by atoms with Crippen molar-refractivity contribution in [2.24, 2.45) is 0 Å². The first kappa shape index (κ1) is 17.0. The molecule has 7 nitrogen and oxygen atoms in total. The Morgan fingerprint density at radius 3 is 2.58 bits per heavy atom. The minimum absolute atomic E-state index is 0.379. The Kier molecular flexibility index (Phi) is 4.64. The summed E-state index contributed by atoms with van der Waals surface area (Å²) >= 11 is 0. The number of phenols is 1. The molecule has 1 aliphatic heterocycles. The molecule has 1 amide bonds. The summed E-state index contributed by atoms with van der Waals surface area (Å²) < 4.78 is 40.3. The first-order valence-corrected chi connectivity index (χ1v) is 9.39. The van der Waals surface area contributed by atoms with Crippen LogP contribution in [-0.4, -0.2) is 32.0 Å². The molecule has 0 unspecified atom stereocenters. The Bertz CT molecular complexity index is 724. The second kappa shape index (κ2) is 6.56. The number of anilines is 1. The van der Waals surface area contributed by atoms with Gasteiger partial charge in [0.15, 0.2) is 5.82 Å². The van der Waals surface area contributed by atoms with Gasteiger partial charge in [0.05, 0.1) is 0 Å². The van der Waals surface area contributed by atoms with Crippen LogP contribution in [0.2, 0.25) is 0 Å². The number of nitrogens with one attached hydrogen (secondary N) is 2. The van der Waals surface area contributed by atoms with Crippen LogP contribution in [0.5, 0.6) is 5.75 Å². The number of nitrogens with zero attached hydrogens (tertiary/aromatic N) is 1. The van der Waals surface area contributed by atoms with Gasteiger partial charge in [-0.1, -0.05) is 19.3 Å². The number of hydrogen-bond donors (Lipinski definition) is 3. The Hall–Kier alpha value is -1.87. The predicted octanol–water partition coefficient (Wildman–Crippen LogP) is 1.13. The lowest BCUT2D eigenvalue weighted by molar-refractivity contribution is -0.117. The van der Waals surface area contributed by atoms with Crippen molar-refractivity contribution in [1.29, 1.82) is 0 Å². The molecule has 0 radical (unpaired) electrons. The highest BCUT2D eigenvalue weighted by Crippen LogP contribution is 2.34.